The molecule has 5 aromatic heterocycles. The zero-order valence-electron chi connectivity index (χ0n) is 38.4. The van der Waals surface area contributed by atoms with Gasteiger partial charge in [0.05, 0.1) is 61.1 Å². The Bertz CT molecular complexity index is 4550. The van der Waals surface area contributed by atoms with Crippen molar-refractivity contribution in [1.29, 1.82) is 5.26 Å². The second kappa shape index (κ2) is 15.5. The summed E-state index contributed by atoms with van der Waals surface area (Å²) in [6.45, 7) is 0. The Hall–Kier alpha value is -10.1. The first kappa shape index (κ1) is 39.9. The lowest BCUT2D eigenvalue weighted by molar-refractivity contribution is 0.667. The zero-order chi connectivity index (χ0) is 47.4. The van der Waals surface area contributed by atoms with Gasteiger partial charge in [-0.05, 0) is 42.5 Å². The van der Waals surface area contributed by atoms with E-state index in [1.807, 2.05) is 72.8 Å². The zero-order valence-corrected chi connectivity index (χ0v) is 38.4. The van der Waals surface area contributed by atoms with E-state index in [-0.39, 0.29) is 0 Å². The van der Waals surface area contributed by atoms with Crippen LogP contribution in [0.2, 0.25) is 0 Å². The molecule has 334 valence electrons. The Balaban J connectivity index is 1.20. The van der Waals surface area contributed by atoms with E-state index >= 15 is 0 Å². The number of nitriles is 1. The van der Waals surface area contributed by atoms with Crippen LogP contribution in [0.3, 0.4) is 0 Å². The average Bonchev–Trinajstić information content (AvgIpc) is 4.20. The SMILES string of the molecule is N#Cc1c(-n2c3ccccc3c3ccccc32)c(-n2c3ccccc3c3ccccc32)c(-n2c3ccccc3c3ccccc32)c2c1oc1c(-c3nc(-c4ccccc4)nc(-c4ccccc4)n3)cccc12. The van der Waals surface area contributed by atoms with Gasteiger partial charge in [0.25, 0.3) is 0 Å². The van der Waals surface area contributed by atoms with Crippen LogP contribution < -0.4 is 0 Å². The molecule has 0 saturated carbocycles. The largest absolute Gasteiger partial charge is 0.454 e. The predicted molar refractivity (Wildman–Crippen MR) is 291 cm³/mol. The molecule has 8 heteroatoms. The Kier molecular flexibility index (Phi) is 8.55. The van der Waals surface area contributed by atoms with Gasteiger partial charge in [0, 0.05) is 48.8 Å². The molecule has 10 aromatic carbocycles. The van der Waals surface area contributed by atoms with Crippen LogP contribution in [0.5, 0.6) is 0 Å². The Morgan fingerprint density at radius 1 is 0.319 bits per heavy atom. The van der Waals surface area contributed by atoms with E-state index in [0.717, 1.165) is 98.7 Å². The van der Waals surface area contributed by atoms with Crippen molar-refractivity contribution in [2.24, 2.45) is 0 Å². The van der Waals surface area contributed by atoms with Gasteiger partial charge in [0.2, 0.25) is 0 Å². The van der Waals surface area contributed by atoms with Crippen LogP contribution in [0, 0.1) is 11.3 Å². The molecule has 0 N–H and O–H groups in total. The summed E-state index contributed by atoms with van der Waals surface area (Å²) in [5.74, 6) is 1.53. The molecule has 72 heavy (non-hydrogen) atoms. The number of nitrogens with zero attached hydrogens (tertiary/aromatic N) is 7. The number of para-hydroxylation sites is 7. The molecule has 0 bridgehead atoms. The minimum absolute atomic E-state index is 0.394. The summed E-state index contributed by atoms with van der Waals surface area (Å²) < 4.78 is 14.5. The van der Waals surface area contributed by atoms with Crippen molar-refractivity contribution in [3.8, 4) is 57.3 Å². The van der Waals surface area contributed by atoms with Crippen LogP contribution in [0.25, 0.3) is 139 Å². The van der Waals surface area contributed by atoms with Crippen molar-refractivity contribution in [3.63, 3.8) is 0 Å². The van der Waals surface area contributed by atoms with Crippen LogP contribution in [-0.4, -0.2) is 28.7 Å². The molecule has 0 aliphatic rings. The van der Waals surface area contributed by atoms with Gasteiger partial charge in [-0.2, -0.15) is 5.26 Å². The number of hydrogen-bond donors (Lipinski definition) is 0. The van der Waals surface area contributed by atoms with Crippen molar-refractivity contribution < 1.29 is 4.42 Å². The number of benzene rings is 10. The normalized spacial score (nSPS) is 11.9. The highest BCUT2D eigenvalue weighted by Crippen LogP contribution is 2.50. The van der Waals surface area contributed by atoms with E-state index < -0.39 is 0 Å². The summed E-state index contributed by atoms with van der Waals surface area (Å²) in [6.07, 6.45) is 0. The lowest BCUT2D eigenvalue weighted by atomic mass is 10.00. The van der Waals surface area contributed by atoms with Crippen molar-refractivity contribution in [2.45, 2.75) is 0 Å². The maximum Gasteiger partial charge on any atom is 0.167 e. The maximum atomic E-state index is 12.1. The molecule has 15 rings (SSSR count). The van der Waals surface area contributed by atoms with Gasteiger partial charge < -0.3 is 18.1 Å². The highest BCUT2D eigenvalue weighted by molar-refractivity contribution is 6.22. The molecule has 0 amide bonds. The summed E-state index contributed by atoms with van der Waals surface area (Å²) >= 11 is 0. The average molecular weight is 920 g/mol. The van der Waals surface area contributed by atoms with Crippen LogP contribution in [0.15, 0.2) is 229 Å². The Morgan fingerprint density at radius 2 is 0.667 bits per heavy atom. The lowest BCUT2D eigenvalue weighted by Gasteiger charge is -2.24. The summed E-state index contributed by atoms with van der Waals surface area (Å²) in [5, 5.41) is 20.3. The highest BCUT2D eigenvalue weighted by Gasteiger charge is 2.33. The monoisotopic (exact) mass is 919 g/mol. The third kappa shape index (κ3) is 5.64. The van der Waals surface area contributed by atoms with Gasteiger partial charge in [0.15, 0.2) is 23.1 Å². The minimum Gasteiger partial charge on any atom is -0.454 e. The fraction of sp³-hybridized carbons (Fsp3) is 0. The summed E-state index contributed by atoms with van der Waals surface area (Å²) in [5.41, 5.74) is 12.2. The lowest BCUT2D eigenvalue weighted by Crippen LogP contribution is -2.12. The number of rotatable bonds is 6. The van der Waals surface area contributed by atoms with E-state index in [2.05, 4.69) is 171 Å². The molecule has 0 aliphatic heterocycles. The molecular weight excluding hydrogens is 883 g/mol. The summed E-state index contributed by atoms with van der Waals surface area (Å²) in [6, 6.07) is 80.3. The number of fused-ring (bicyclic) bond motifs is 12. The third-order valence-corrected chi connectivity index (χ3v) is 14.3. The third-order valence-electron chi connectivity index (χ3n) is 14.3. The standard InChI is InChI=1S/C64H37N7O/c65-38-49-57(69-50-32-13-7-24-41(50)42-25-8-14-33-51(42)69)59(71-54-36-17-11-28-45(54)46-29-12-18-37-55(46)71)58(70-52-34-15-9-26-43(52)44-27-10-16-35-53(44)70)56-47-30-19-31-48(60(47)72-61(49)56)64-67-62(39-20-3-1-4-21-39)66-63(68-64)40-22-5-2-6-23-40/h1-37H. The second-order valence-corrected chi connectivity index (χ2v) is 18.2. The molecule has 15 aromatic rings. The smallest absolute Gasteiger partial charge is 0.167 e. The maximum absolute atomic E-state index is 12.1. The number of hydrogen-bond acceptors (Lipinski definition) is 5. The molecule has 0 atom stereocenters. The summed E-state index contributed by atoms with van der Waals surface area (Å²) in [4.78, 5) is 15.4. The van der Waals surface area contributed by atoms with E-state index in [0.29, 0.717) is 45.5 Å². The fourth-order valence-electron chi connectivity index (χ4n) is 11.3. The van der Waals surface area contributed by atoms with Crippen molar-refractivity contribution in [1.82, 2.24) is 28.7 Å². The van der Waals surface area contributed by atoms with Crippen LogP contribution in [0.4, 0.5) is 0 Å². The molecule has 5 heterocycles. The fourth-order valence-corrected chi connectivity index (χ4v) is 11.3. The minimum atomic E-state index is 0.394. The van der Waals surface area contributed by atoms with E-state index in [1.54, 1.807) is 0 Å². The van der Waals surface area contributed by atoms with Crippen LogP contribution >= 0.6 is 0 Å². The highest BCUT2D eigenvalue weighted by atomic mass is 16.3. The Labute approximate surface area is 411 Å². The first-order valence-electron chi connectivity index (χ1n) is 24.0. The predicted octanol–water partition coefficient (Wildman–Crippen LogP) is 15.9. The van der Waals surface area contributed by atoms with Gasteiger partial charge in [-0.25, -0.2) is 15.0 Å². The van der Waals surface area contributed by atoms with Crippen molar-refractivity contribution in [2.75, 3.05) is 0 Å². The molecular formula is C64H37N7O. The quantitative estimate of drug-likeness (QED) is 0.166. The molecule has 0 saturated heterocycles. The van der Waals surface area contributed by atoms with Crippen LogP contribution in [-0.2, 0) is 0 Å². The molecule has 0 unspecified atom stereocenters. The molecule has 8 nitrogen and oxygen atoms in total. The second-order valence-electron chi connectivity index (χ2n) is 18.2. The molecule has 0 aliphatic carbocycles. The van der Waals surface area contributed by atoms with Gasteiger partial charge in [-0.15, -0.1) is 0 Å². The van der Waals surface area contributed by atoms with E-state index in [1.165, 1.54) is 0 Å². The number of furan rings is 1. The first-order valence-corrected chi connectivity index (χ1v) is 24.0. The molecule has 0 radical (unpaired) electrons. The van der Waals surface area contributed by atoms with Crippen LogP contribution in [0.1, 0.15) is 5.56 Å². The van der Waals surface area contributed by atoms with Crippen molar-refractivity contribution >= 4 is 87.4 Å². The Morgan fingerprint density at radius 3 is 1.08 bits per heavy atom. The van der Waals surface area contributed by atoms with E-state index in [4.69, 9.17) is 19.4 Å². The summed E-state index contributed by atoms with van der Waals surface area (Å²) in [7, 11) is 0. The topological polar surface area (TPSA) is 90.4 Å². The first-order chi connectivity index (χ1) is 35.7. The van der Waals surface area contributed by atoms with E-state index in [9.17, 15) is 5.26 Å². The molecule has 0 fully saturated rings. The molecule has 0 spiro atoms. The van der Waals surface area contributed by atoms with Gasteiger partial charge >= 0.3 is 0 Å². The van der Waals surface area contributed by atoms with Gasteiger partial charge in [-0.1, -0.05) is 182 Å². The number of aromatic nitrogens is 6. The van der Waals surface area contributed by atoms with Gasteiger partial charge in [-0.3, -0.25) is 0 Å². The van der Waals surface area contributed by atoms with Gasteiger partial charge in [0.1, 0.15) is 17.2 Å². The van der Waals surface area contributed by atoms with Crippen molar-refractivity contribution in [3.05, 3.63) is 230 Å².